The molecule has 1 aliphatic carbocycles. The van der Waals surface area contributed by atoms with Gasteiger partial charge in [-0.15, -0.1) is 0 Å². The maximum Gasteiger partial charge on any atom is 0.0877 e. The van der Waals surface area contributed by atoms with Crippen LogP contribution in [0.5, 0.6) is 0 Å². The quantitative estimate of drug-likeness (QED) is 0.841. The molecule has 2 rings (SSSR count). The van der Waals surface area contributed by atoms with Crippen molar-refractivity contribution in [1.82, 2.24) is 0 Å². The normalized spacial score (nSPS) is 28.2. The van der Waals surface area contributed by atoms with Gasteiger partial charge in [-0.25, -0.2) is 0 Å². The second-order valence-electron chi connectivity index (χ2n) is 5.33. The highest BCUT2D eigenvalue weighted by molar-refractivity contribution is 5.13. The molecular weight excluding hydrogens is 228 g/mol. The molecular formula is C15H22O3. The van der Waals surface area contributed by atoms with Gasteiger partial charge in [0.05, 0.1) is 18.8 Å². The Morgan fingerprint density at radius 1 is 1.17 bits per heavy atom. The third-order valence-electron chi connectivity index (χ3n) is 3.80. The molecule has 0 radical (unpaired) electrons. The molecule has 1 aliphatic rings. The van der Waals surface area contributed by atoms with E-state index in [1.165, 1.54) is 5.56 Å². The number of rotatable bonds is 5. The number of hydrogen-bond acceptors (Lipinski definition) is 3. The summed E-state index contributed by atoms with van der Waals surface area (Å²) in [6, 6.07) is 10.2. The van der Waals surface area contributed by atoms with Crippen molar-refractivity contribution in [2.75, 3.05) is 13.2 Å². The van der Waals surface area contributed by atoms with Gasteiger partial charge < -0.3 is 14.9 Å². The molecule has 1 fully saturated rings. The monoisotopic (exact) mass is 250 g/mol. The smallest absolute Gasteiger partial charge is 0.0877 e. The Bertz CT molecular complexity index is 342. The van der Waals surface area contributed by atoms with Crippen LogP contribution in [-0.2, 0) is 11.3 Å². The first kappa shape index (κ1) is 13.5. The largest absolute Gasteiger partial charge is 0.393 e. The van der Waals surface area contributed by atoms with Crippen LogP contribution in [0, 0.1) is 5.92 Å². The van der Waals surface area contributed by atoms with Gasteiger partial charge in [-0.3, -0.25) is 0 Å². The topological polar surface area (TPSA) is 49.7 Å². The second kappa shape index (κ2) is 6.32. The first-order valence-electron chi connectivity index (χ1n) is 6.67. The molecule has 18 heavy (non-hydrogen) atoms. The molecule has 0 spiro atoms. The van der Waals surface area contributed by atoms with Crippen LogP contribution in [0.15, 0.2) is 30.3 Å². The summed E-state index contributed by atoms with van der Waals surface area (Å²) in [4.78, 5) is 0. The number of aliphatic hydroxyl groups is 2. The van der Waals surface area contributed by atoms with Gasteiger partial charge in [0, 0.05) is 6.61 Å². The van der Waals surface area contributed by atoms with E-state index in [4.69, 9.17) is 9.84 Å². The summed E-state index contributed by atoms with van der Waals surface area (Å²) in [5.74, 6) is 0.514. The molecule has 0 aromatic heterocycles. The van der Waals surface area contributed by atoms with Crippen LogP contribution >= 0.6 is 0 Å². The van der Waals surface area contributed by atoms with Gasteiger partial charge in [-0.2, -0.15) is 0 Å². The fraction of sp³-hybridized carbons (Fsp3) is 0.600. The summed E-state index contributed by atoms with van der Waals surface area (Å²) in [6.07, 6.45) is 3.24. The molecule has 0 saturated heterocycles. The van der Waals surface area contributed by atoms with Gasteiger partial charge in [0.25, 0.3) is 0 Å². The zero-order chi connectivity index (χ0) is 12.8. The van der Waals surface area contributed by atoms with Crippen molar-refractivity contribution in [1.29, 1.82) is 0 Å². The first-order chi connectivity index (χ1) is 8.72. The van der Waals surface area contributed by atoms with Crippen LogP contribution in [0.4, 0.5) is 0 Å². The standard InChI is InChI=1S/C15H22O3/c16-12-15(17)8-6-14(7-9-15)11-18-10-13-4-2-1-3-5-13/h1-5,14,16-17H,6-12H2. The van der Waals surface area contributed by atoms with Crippen LogP contribution in [0.25, 0.3) is 0 Å². The van der Waals surface area contributed by atoms with Crippen molar-refractivity contribution in [3.63, 3.8) is 0 Å². The lowest BCUT2D eigenvalue weighted by Crippen LogP contribution is -2.38. The molecule has 2 N–H and O–H groups in total. The van der Waals surface area contributed by atoms with E-state index in [2.05, 4.69) is 12.1 Å². The van der Waals surface area contributed by atoms with Gasteiger partial charge in [0.15, 0.2) is 0 Å². The molecule has 0 unspecified atom stereocenters. The van der Waals surface area contributed by atoms with Gasteiger partial charge in [0.2, 0.25) is 0 Å². The van der Waals surface area contributed by atoms with Gasteiger partial charge in [-0.1, -0.05) is 30.3 Å². The average Bonchev–Trinajstić information content (AvgIpc) is 2.42. The number of aliphatic hydroxyl groups excluding tert-OH is 1. The Kier molecular flexibility index (Phi) is 4.75. The van der Waals surface area contributed by atoms with Crippen LogP contribution in [0.1, 0.15) is 31.2 Å². The van der Waals surface area contributed by atoms with Gasteiger partial charge in [-0.05, 0) is 37.2 Å². The third-order valence-corrected chi connectivity index (χ3v) is 3.80. The van der Waals surface area contributed by atoms with E-state index < -0.39 is 5.60 Å². The molecule has 0 bridgehead atoms. The van der Waals surface area contributed by atoms with Crippen molar-refractivity contribution >= 4 is 0 Å². The Labute approximate surface area is 108 Å². The molecule has 1 aromatic rings. The Balaban J connectivity index is 1.67. The van der Waals surface area contributed by atoms with E-state index in [0.717, 1.165) is 19.4 Å². The van der Waals surface area contributed by atoms with E-state index in [-0.39, 0.29) is 6.61 Å². The Morgan fingerprint density at radius 3 is 2.44 bits per heavy atom. The van der Waals surface area contributed by atoms with E-state index >= 15 is 0 Å². The molecule has 0 atom stereocenters. The fourth-order valence-electron chi connectivity index (χ4n) is 2.46. The zero-order valence-corrected chi connectivity index (χ0v) is 10.7. The first-order valence-corrected chi connectivity index (χ1v) is 6.67. The molecule has 0 amide bonds. The van der Waals surface area contributed by atoms with Crippen LogP contribution in [0.3, 0.4) is 0 Å². The minimum absolute atomic E-state index is 0.120. The second-order valence-corrected chi connectivity index (χ2v) is 5.33. The average molecular weight is 250 g/mol. The molecule has 100 valence electrons. The third kappa shape index (κ3) is 3.80. The van der Waals surface area contributed by atoms with Crippen LogP contribution in [-0.4, -0.2) is 29.0 Å². The van der Waals surface area contributed by atoms with E-state index in [1.54, 1.807) is 0 Å². The molecule has 3 nitrogen and oxygen atoms in total. The van der Waals surface area contributed by atoms with Gasteiger partial charge in [0.1, 0.15) is 0 Å². The minimum atomic E-state index is -0.837. The van der Waals surface area contributed by atoms with Crippen molar-refractivity contribution in [3.05, 3.63) is 35.9 Å². The maximum absolute atomic E-state index is 9.91. The van der Waals surface area contributed by atoms with Gasteiger partial charge >= 0.3 is 0 Å². The van der Waals surface area contributed by atoms with Crippen molar-refractivity contribution in [2.24, 2.45) is 5.92 Å². The molecule has 3 heteroatoms. The highest BCUT2D eigenvalue weighted by Crippen LogP contribution is 2.31. The number of ether oxygens (including phenoxy) is 1. The lowest BCUT2D eigenvalue weighted by molar-refractivity contribution is -0.0607. The summed E-state index contributed by atoms with van der Waals surface area (Å²) in [5, 5.41) is 19.0. The molecule has 0 aliphatic heterocycles. The molecule has 0 heterocycles. The van der Waals surface area contributed by atoms with Crippen molar-refractivity contribution in [3.8, 4) is 0 Å². The summed E-state index contributed by atoms with van der Waals surface area (Å²) < 4.78 is 5.72. The zero-order valence-electron chi connectivity index (χ0n) is 10.7. The number of hydrogen-bond donors (Lipinski definition) is 2. The summed E-state index contributed by atoms with van der Waals surface area (Å²) >= 11 is 0. The highest BCUT2D eigenvalue weighted by Gasteiger charge is 2.32. The number of benzene rings is 1. The molecule has 1 saturated carbocycles. The summed E-state index contributed by atoms with van der Waals surface area (Å²) in [7, 11) is 0. The van der Waals surface area contributed by atoms with Crippen molar-refractivity contribution in [2.45, 2.75) is 37.9 Å². The predicted octanol–water partition coefficient (Wildman–Crippen LogP) is 2.12. The Hall–Kier alpha value is -0.900. The SMILES string of the molecule is OCC1(O)CCC(COCc2ccccc2)CC1. The molecule has 1 aromatic carbocycles. The summed E-state index contributed by atoms with van der Waals surface area (Å²) in [5.41, 5.74) is 0.357. The lowest BCUT2D eigenvalue weighted by Gasteiger charge is -2.34. The minimum Gasteiger partial charge on any atom is -0.393 e. The van der Waals surface area contributed by atoms with E-state index in [0.29, 0.717) is 25.4 Å². The highest BCUT2D eigenvalue weighted by atomic mass is 16.5. The maximum atomic E-state index is 9.91. The van der Waals surface area contributed by atoms with E-state index in [1.807, 2.05) is 18.2 Å². The predicted molar refractivity (Wildman–Crippen MR) is 70.1 cm³/mol. The van der Waals surface area contributed by atoms with Crippen molar-refractivity contribution < 1.29 is 14.9 Å². The Morgan fingerprint density at radius 2 is 1.83 bits per heavy atom. The van der Waals surface area contributed by atoms with Crippen LogP contribution in [0.2, 0.25) is 0 Å². The van der Waals surface area contributed by atoms with E-state index in [9.17, 15) is 5.11 Å². The summed E-state index contributed by atoms with van der Waals surface area (Å²) in [6.45, 7) is 1.28. The van der Waals surface area contributed by atoms with Crippen LogP contribution < -0.4 is 0 Å². The lowest BCUT2D eigenvalue weighted by atomic mass is 9.79. The fourth-order valence-corrected chi connectivity index (χ4v) is 2.46.